The molecule has 9 heavy (non-hydrogen) atoms. The Morgan fingerprint density at radius 1 is 1.78 bits per heavy atom. The summed E-state index contributed by atoms with van der Waals surface area (Å²) in [6.07, 6.45) is 2.84. The molecule has 50 valence electrons. The van der Waals surface area contributed by atoms with Crippen LogP contribution in [0, 0.1) is 5.92 Å². The Morgan fingerprint density at radius 3 is 2.67 bits per heavy atom. The summed E-state index contributed by atoms with van der Waals surface area (Å²) in [5, 5.41) is 0. The van der Waals surface area contributed by atoms with Gasteiger partial charge in [-0.3, -0.25) is 4.79 Å². The van der Waals surface area contributed by atoms with Crippen molar-refractivity contribution in [3.8, 4) is 0 Å². The highest BCUT2D eigenvalue weighted by molar-refractivity contribution is 5.97. The number of carbonyl (C=O) groups excluding carboxylic acids is 1. The first kappa shape index (κ1) is 6.53. The number of carbonyl (C=O) groups is 1. The first-order valence-corrected chi connectivity index (χ1v) is 3.47. The largest absolute Gasteiger partial charge is 0.295 e. The van der Waals surface area contributed by atoms with Gasteiger partial charge in [-0.2, -0.15) is 0 Å². The molecule has 0 spiro atoms. The molecule has 0 bridgehead atoms. The molecule has 0 aliphatic heterocycles. The summed E-state index contributed by atoms with van der Waals surface area (Å²) >= 11 is 0. The minimum atomic E-state index is 0.279. The average Bonchev–Trinajstić information content (AvgIpc) is 2.15. The zero-order chi connectivity index (χ0) is 6.85. The molecule has 1 nitrogen and oxygen atoms in total. The predicted molar refractivity (Wildman–Crippen MR) is 37.2 cm³/mol. The van der Waals surface area contributed by atoms with E-state index in [0.717, 1.165) is 24.8 Å². The van der Waals surface area contributed by atoms with E-state index >= 15 is 0 Å². The van der Waals surface area contributed by atoms with E-state index in [1.165, 1.54) is 0 Å². The van der Waals surface area contributed by atoms with E-state index in [-0.39, 0.29) is 5.78 Å². The fraction of sp³-hybridized carbons (Fsp3) is 0.625. The molecule has 1 aliphatic carbocycles. The van der Waals surface area contributed by atoms with Crippen LogP contribution in [0.15, 0.2) is 12.2 Å². The van der Waals surface area contributed by atoms with Crippen molar-refractivity contribution in [2.45, 2.75) is 26.2 Å². The summed E-state index contributed by atoms with van der Waals surface area (Å²) in [7, 11) is 0. The molecule has 0 amide bonds. The van der Waals surface area contributed by atoms with Crippen LogP contribution in [-0.2, 0) is 4.79 Å². The van der Waals surface area contributed by atoms with Gasteiger partial charge in [-0.15, -0.1) is 0 Å². The fourth-order valence-corrected chi connectivity index (χ4v) is 1.32. The van der Waals surface area contributed by atoms with Crippen molar-refractivity contribution in [2.75, 3.05) is 0 Å². The first-order chi connectivity index (χ1) is 4.25. The second-order valence-electron chi connectivity index (χ2n) is 2.59. The van der Waals surface area contributed by atoms with Crippen molar-refractivity contribution in [1.29, 1.82) is 0 Å². The van der Waals surface area contributed by atoms with Crippen LogP contribution in [0.5, 0.6) is 0 Å². The van der Waals surface area contributed by atoms with E-state index < -0.39 is 0 Å². The van der Waals surface area contributed by atoms with Crippen molar-refractivity contribution in [2.24, 2.45) is 5.92 Å². The van der Waals surface area contributed by atoms with E-state index in [2.05, 4.69) is 13.5 Å². The van der Waals surface area contributed by atoms with Gasteiger partial charge in [0.15, 0.2) is 5.78 Å². The smallest absolute Gasteiger partial charge is 0.158 e. The zero-order valence-corrected chi connectivity index (χ0v) is 5.81. The standard InChI is InChI=1S/C8H12O/c1-3-7-4-5-8(9)6(7)2/h7H,2-5H2,1H3/t7-/m0/s1. The normalized spacial score (nSPS) is 27.4. The summed E-state index contributed by atoms with van der Waals surface area (Å²) < 4.78 is 0. The average molecular weight is 124 g/mol. The maximum Gasteiger partial charge on any atom is 0.158 e. The van der Waals surface area contributed by atoms with Gasteiger partial charge in [0, 0.05) is 6.42 Å². The van der Waals surface area contributed by atoms with Crippen LogP contribution in [0.2, 0.25) is 0 Å². The molecular weight excluding hydrogens is 112 g/mol. The van der Waals surface area contributed by atoms with Gasteiger partial charge in [-0.1, -0.05) is 13.5 Å². The van der Waals surface area contributed by atoms with E-state index in [9.17, 15) is 4.79 Å². The van der Waals surface area contributed by atoms with Gasteiger partial charge in [-0.05, 0) is 24.3 Å². The van der Waals surface area contributed by atoms with Gasteiger partial charge < -0.3 is 0 Å². The maximum absolute atomic E-state index is 10.8. The third-order valence-corrected chi connectivity index (χ3v) is 2.06. The second kappa shape index (κ2) is 2.34. The Balaban J connectivity index is 2.62. The molecule has 0 heterocycles. The van der Waals surface area contributed by atoms with Gasteiger partial charge >= 0.3 is 0 Å². The molecule has 0 saturated heterocycles. The maximum atomic E-state index is 10.8. The molecule has 1 rings (SSSR count). The predicted octanol–water partition coefficient (Wildman–Crippen LogP) is 1.93. The van der Waals surface area contributed by atoms with Crippen LogP contribution >= 0.6 is 0 Å². The lowest BCUT2D eigenvalue weighted by Gasteiger charge is -2.02. The third-order valence-electron chi connectivity index (χ3n) is 2.06. The molecule has 0 aromatic heterocycles. The van der Waals surface area contributed by atoms with Crippen LogP contribution < -0.4 is 0 Å². The summed E-state index contributed by atoms with van der Waals surface area (Å²) in [5.41, 5.74) is 0.859. The summed E-state index contributed by atoms with van der Waals surface area (Å²) in [5.74, 6) is 0.777. The third kappa shape index (κ3) is 1.04. The molecule has 0 radical (unpaired) electrons. The zero-order valence-electron chi connectivity index (χ0n) is 5.81. The van der Waals surface area contributed by atoms with Gasteiger partial charge in [0.2, 0.25) is 0 Å². The molecule has 1 fully saturated rings. The molecule has 0 aromatic rings. The summed E-state index contributed by atoms with van der Waals surface area (Å²) in [4.78, 5) is 10.8. The van der Waals surface area contributed by atoms with Crippen LogP contribution in [0.4, 0.5) is 0 Å². The minimum Gasteiger partial charge on any atom is -0.295 e. The highest BCUT2D eigenvalue weighted by Gasteiger charge is 2.24. The molecule has 1 saturated carbocycles. The molecule has 1 heteroatoms. The van der Waals surface area contributed by atoms with Crippen molar-refractivity contribution in [3.05, 3.63) is 12.2 Å². The SMILES string of the molecule is C=C1C(=O)CC[C@@H]1CC. The van der Waals surface area contributed by atoms with E-state index in [0.29, 0.717) is 5.92 Å². The van der Waals surface area contributed by atoms with Crippen LogP contribution in [-0.4, -0.2) is 5.78 Å². The molecule has 1 atom stereocenters. The van der Waals surface area contributed by atoms with E-state index in [4.69, 9.17) is 0 Å². The van der Waals surface area contributed by atoms with Gasteiger partial charge in [0.25, 0.3) is 0 Å². The number of ketones is 1. The monoisotopic (exact) mass is 124 g/mol. The number of allylic oxidation sites excluding steroid dienone is 1. The first-order valence-electron chi connectivity index (χ1n) is 3.47. The van der Waals surface area contributed by atoms with Crippen LogP contribution in [0.25, 0.3) is 0 Å². The molecule has 0 aromatic carbocycles. The van der Waals surface area contributed by atoms with Crippen LogP contribution in [0.1, 0.15) is 26.2 Å². The Labute approximate surface area is 55.8 Å². The fourth-order valence-electron chi connectivity index (χ4n) is 1.32. The Kier molecular flexibility index (Phi) is 1.70. The Bertz CT molecular complexity index is 147. The van der Waals surface area contributed by atoms with E-state index in [1.807, 2.05) is 0 Å². The number of hydrogen-bond acceptors (Lipinski definition) is 1. The topological polar surface area (TPSA) is 17.1 Å². The van der Waals surface area contributed by atoms with Gasteiger partial charge in [0.05, 0.1) is 0 Å². The van der Waals surface area contributed by atoms with Crippen molar-refractivity contribution < 1.29 is 4.79 Å². The number of hydrogen-bond donors (Lipinski definition) is 0. The Morgan fingerprint density at radius 2 is 2.44 bits per heavy atom. The van der Waals surface area contributed by atoms with Gasteiger partial charge in [-0.25, -0.2) is 0 Å². The summed E-state index contributed by atoms with van der Waals surface area (Å²) in [6, 6.07) is 0. The Hall–Kier alpha value is -0.590. The number of Topliss-reactive ketones (excluding diaryl/α,β-unsaturated/α-hetero) is 1. The minimum absolute atomic E-state index is 0.279. The van der Waals surface area contributed by atoms with Crippen molar-refractivity contribution in [3.63, 3.8) is 0 Å². The lowest BCUT2D eigenvalue weighted by molar-refractivity contribution is -0.114. The van der Waals surface area contributed by atoms with Crippen molar-refractivity contribution >= 4 is 5.78 Å². The molecule has 0 unspecified atom stereocenters. The van der Waals surface area contributed by atoms with Crippen LogP contribution in [0.3, 0.4) is 0 Å². The lowest BCUT2D eigenvalue weighted by atomic mass is 10.0. The molecular formula is C8H12O. The van der Waals surface area contributed by atoms with E-state index in [1.54, 1.807) is 0 Å². The lowest BCUT2D eigenvalue weighted by Crippen LogP contribution is -1.97. The molecule has 0 N–H and O–H groups in total. The number of rotatable bonds is 1. The van der Waals surface area contributed by atoms with Crippen molar-refractivity contribution in [1.82, 2.24) is 0 Å². The van der Waals surface area contributed by atoms with Gasteiger partial charge in [0.1, 0.15) is 0 Å². The highest BCUT2D eigenvalue weighted by atomic mass is 16.1. The highest BCUT2D eigenvalue weighted by Crippen LogP contribution is 2.28. The summed E-state index contributed by atoms with van der Waals surface area (Å²) in [6.45, 7) is 5.84. The second-order valence-corrected chi connectivity index (χ2v) is 2.59. The quantitative estimate of drug-likeness (QED) is 0.488. The molecule has 1 aliphatic rings.